The van der Waals surface area contributed by atoms with Crippen LogP contribution in [0.1, 0.15) is 6.92 Å². The molecule has 1 rings (SSSR count). The second-order valence-electron chi connectivity index (χ2n) is 6.63. The molecule has 0 spiro atoms. The summed E-state index contributed by atoms with van der Waals surface area (Å²) in [6.45, 7) is 13.9. The van der Waals surface area contributed by atoms with E-state index in [2.05, 4.69) is 44.3 Å². The first-order valence-electron chi connectivity index (χ1n) is 6.35. The molecule has 0 aliphatic carbocycles. The molecule has 1 aromatic heterocycles. The summed E-state index contributed by atoms with van der Waals surface area (Å²) < 4.78 is 3.39. The van der Waals surface area contributed by atoms with E-state index < -0.39 is 16.5 Å². The lowest BCUT2D eigenvalue weighted by atomic mass is 10.5. The Hall–Kier alpha value is -1.22. The maximum atomic E-state index is 12.1. The second-order valence-corrected chi connectivity index (χ2v) is 16.2. The van der Waals surface area contributed by atoms with Crippen molar-refractivity contribution in [1.82, 2.24) is 9.22 Å². The summed E-state index contributed by atoms with van der Waals surface area (Å²) in [5, 5.41) is 0. The lowest BCUT2D eigenvalue weighted by Gasteiger charge is -2.32. The van der Waals surface area contributed by atoms with Gasteiger partial charge in [-0.05, 0) is 6.07 Å². The summed E-state index contributed by atoms with van der Waals surface area (Å²) in [4.78, 5) is 28.0. The van der Waals surface area contributed by atoms with Crippen LogP contribution in [-0.4, -0.2) is 31.6 Å². The van der Waals surface area contributed by atoms with E-state index in [0.717, 1.165) is 0 Å². The molecule has 19 heavy (non-hydrogen) atoms. The van der Waals surface area contributed by atoms with Gasteiger partial charge in [0.2, 0.25) is 5.91 Å². The van der Waals surface area contributed by atoms with E-state index in [-0.39, 0.29) is 11.6 Å². The third kappa shape index (κ3) is 3.63. The van der Waals surface area contributed by atoms with Crippen molar-refractivity contribution in [1.29, 1.82) is 0 Å². The molecule has 7 heteroatoms. The molecular weight excluding hydrogens is 274 g/mol. The van der Waals surface area contributed by atoms with Gasteiger partial charge < -0.3 is 8.80 Å². The number of carbonyl (C=O) groups is 1. The Morgan fingerprint density at radius 2 is 1.74 bits per heavy atom. The van der Waals surface area contributed by atoms with Crippen LogP contribution in [0, 0.1) is 0 Å². The first-order valence-corrected chi connectivity index (χ1v) is 13.2. The Kier molecular flexibility index (Phi) is 4.21. The maximum absolute atomic E-state index is 12.1. The minimum atomic E-state index is -1.89. The molecule has 0 saturated carbocycles. The summed E-state index contributed by atoms with van der Waals surface area (Å²) in [5.74, 6) is 0.419. The lowest BCUT2D eigenvalue weighted by molar-refractivity contribution is -0.115. The fourth-order valence-electron chi connectivity index (χ4n) is 2.01. The largest absolute Gasteiger partial charge is 0.341 e. The van der Waals surface area contributed by atoms with Crippen molar-refractivity contribution in [3.8, 4) is 0 Å². The third-order valence-corrected chi connectivity index (χ3v) is 6.40. The Balaban J connectivity index is 3.35. The number of nitrogens with zero attached hydrogens (tertiary/aromatic N) is 3. The number of aromatic nitrogens is 2. The predicted octanol–water partition coefficient (Wildman–Crippen LogP) is 2.11. The molecule has 1 aromatic rings. The Labute approximate surface area is 116 Å². The molecule has 0 unspecified atom stereocenters. The molecule has 0 N–H and O–H groups in total. The highest BCUT2D eigenvalue weighted by Crippen LogP contribution is 2.18. The highest BCUT2D eigenvalue weighted by molar-refractivity contribution is 6.83. The fraction of sp³-hybridized carbons (Fsp3) is 0.583. The first kappa shape index (κ1) is 15.8. The molecule has 5 nitrogen and oxygen atoms in total. The minimum absolute atomic E-state index is 0.0585. The second kappa shape index (κ2) is 5.05. The normalized spacial score (nSPS) is 12.4. The zero-order valence-electron chi connectivity index (χ0n) is 12.8. The molecule has 0 atom stereocenters. The van der Waals surface area contributed by atoms with E-state index in [9.17, 15) is 9.59 Å². The van der Waals surface area contributed by atoms with Gasteiger partial charge in [-0.1, -0.05) is 39.3 Å². The average Bonchev–Trinajstić information content (AvgIpc) is 2.11. The third-order valence-electron chi connectivity index (χ3n) is 2.73. The summed E-state index contributed by atoms with van der Waals surface area (Å²) in [5.41, 5.74) is -0.263. The number of hydrogen-bond acceptors (Lipinski definition) is 3. The fourth-order valence-corrected chi connectivity index (χ4v) is 4.91. The van der Waals surface area contributed by atoms with E-state index in [0.29, 0.717) is 5.82 Å². The molecule has 0 aliphatic heterocycles. The monoisotopic (exact) mass is 297 g/mol. The molecule has 0 bridgehead atoms. The van der Waals surface area contributed by atoms with Gasteiger partial charge in [-0.3, -0.25) is 4.79 Å². The Morgan fingerprint density at radius 3 is 2.05 bits per heavy atom. The highest BCUT2D eigenvalue weighted by Gasteiger charge is 2.29. The number of hydrogen-bond donors (Lipinski definition) is 0. The smallest absolute Gasteiger partial charge is 0.328 e. The van der Waals surface area contributed by atoms with Crippen LogP contribution in [0.2, 0.25) is 39.3 Å². The molecule has 1 amide bonds. The van der Waals surface area contributed by atoms with Gasteiger partial charge in [0, 0.05) is 13.1 Å². The van der Waals surface area contributed by atoms with Crippen LogP contribution >= 0.6 is 0 Å². The zero-order valence-corrected chi connectivity index (χ0v) is 14.8. The predicted molar refractivity (Wildman–Crippen MR) is 83.7 cm³/mol. The zero-order chi connectivity index (χ0) is 15.0. The van der Waals surface area contributed by atoms with E-state index in [1.54, 1.807) is 21.1 Å². The van der Waals surface area contributed by atoms with Gasteiger partial charge in [-0.15, -0.1) is 0 Å². The van der Waals surface area contributed by atoms with Crippen molar-refractivity contribution in [2.24, 2.45) is 0 Å². The van der Waals surface area contributed by atoms with Crippen molar-refractivity contribution in [2.45, 2.75) is 46.2 Å². The van der Waals surface area contributed by atoms with Crippen LogP contribution < -0.4 is 10.3 Å². The topological polar surface area (TPSA) is 55.2 Å². The summed E-state index contributed by atoms with van der Waals surface area (Å²) in [7, 11) is -3.65. The van der Waals surface area contributed by atoms with Crippen molar-refractivity contribution in [2.75, 3.05) is 4.57 Å². The van der Waals surface area contributed by atoms with Crippen LogP contribution in [0.3, 0.4) is 0 Å². The van der Waals surface area contributed by atoms with Crippen LogP contribution in [0.15, 0.2) is 17.1 Å². The van der Waals surface area contributed by atoms with E-state index in [1.807, 2.05) is 0 Å². The van der Waals surface area contributed by atoms with Crippen molar-refractivity contribution >= 4 is 28.2 Å². The van der Waals surface area contributed by atoms with Crippen molar-refractivity contribution < 1.29 is 4.79 Å². The quantitative estimate of drug-likeness (QED) is 0.803. The van der Waals surface area contributed by atoms with E-state index in [4.69, 9.17) is 0 Å². The number of amides is 1. The minimum Gasteiger partial charge on any atom is -0.328 e. The van der Waals surface area contributed by atoms with E-state index >= 15 is 0 Å². The number of rotatable bonds is 3. The SMILES string of the molecule is CC(=O)N(c1ccn([Si](C)(C)C)c(=O)n1)[Si](C)(C)C. The average molecular weight is 298 g/mol. The number of carbonyl (C=O) groups excluding carboxylic acids is 1. The van der Waals surface area contributed by atoms with Crippen LogP contribution in [0.25, 0.3) is 0 Å². The van der Waals surface area contributed by atoms with Gasteiger partial charge in [0.1, 0.15) is 5.82 Å². The molecule has 0 radical (unpaired) electrons. The molecule has 0 aromatic carbocycles. The van der Waals surface area contributed by atoms with Gasteiger partial charge >= 0.3 is 5.69 Å². The summed E-state index contributed by atoms with van der Waals surface area (Å²) >= 11 is 0. The first-order chi connectivity index (χ1) is 8.44. The van der Waals surface area contributed by atoms with Crippen LogP contribution in [0.4, 0.5) is 5.82 Å². The van der Waals surface area contributed by atoms with Crippen molar-refractivity contribution in [3.63, 3.8) is 0 Å². The van der Waals surface area contributed by atoms with Gasteiger partial charge in [-0.25, -0.2) is 4.79 Å². The highest BCUT2D eigenvalue weighted by atomic mass is 28.3. The number of anilines is 1. The van der Waals surface area contributed by atoms with Gasteiger partial charge in [-0.2, -0.15) is 4.98 Å². The van der Waals surface area contributed by atoms with Gasteiger partial charge in [0.25, 0.3) is 0 Å². The molecular formula is C12H23N3O2Si2. The van der Waals surface area contributed by atoms with Crippen LogP contribution in [-0.2, 0) is 4.79 Å². The standard InChI is InChI=1S/C12H23N3O2Si2/c1-10(16)15(19(5,6)7)11-8-9-14(12(17)13-11)18(2,3)4/h8-9H,1-7H3. The van der Waals surface area contributed by atoms with E-state index in [1.165, 1.54) is 6.92 Å². The summed E-state index contributed by atoms with van der Waals surface area (Å²) in [6, 6.07) is 1.78. The molecule has 0 aliphatic rings. The Bertz CT molecular complexity index is 541. The van der Waals surface area contributed by atoms with Gasteiger partial charge in [0.15, 0.2) is 16.5 Å². The Morgan fingerprint density at radius 1 is 1.21 bits per heavy atom. The molecule has 0 saturated heterocycles. The van der Waals surface area contributed by atoms with Gasteiger partial charge in [0.05, 0.1) is 0 Å². The maximum Gasteiger partial charge on any atom is 0.341 e. The molecule has 106 valence electrons. The molecule has 0 fully saturated rings. The van der Waals surface area contributed by atoms with Crippen molar-refractivity contribution in [3.05, 3.63) is 22.7 Å². The summed E-state index contributed by atoms with van der Waals surface area (Å²) in [6.07, 6.45) is 1.77. The van der Waals surface area contributed by atoms with Crippen LogP contribution in [0.5, 0.6) is 0 Å². The lowest BCUT2D eigenvalue weighted by Crippen LogP contribution is -2.51. The molecule has 1 heterocycles.